The average molecular weight is 272 g/mol. The SMILES string of the molecule is CCCCC1CCC(C2CCC(C)C(F)C2F)CC1. The molecule has 0 aromatic carbocycles. The molecule has 0 heterocycles. The van der Waals surface area contributed by atoms with Gasteiger partial charge in [0.2, 0.25) is 0 Å². The molecule has 0 bridgehead atoms. The van der Waals surface area contributed by atoms with Crippen LogP contribution in [-0.4, -0.2) is 12.3 Å². The van der Waals surface area contributed by atoms with E-state index >= 15 is 0 Å². The summed E-state index contributed by atoms with van der Waals surface area (Å²) in [7, 11) is 0. The summed E-state index contributed by atoms with van der Waals surface area (Å²) in [5.74, 6) is 1.25. The molecule has 0 aliphatic heterocycles. The Balaban J connectivity index is 1.81. The molecule has 2 aliphatic rings. The van der Waals surface area contributed by atoms with Crippen molar-refractivity contribution in [3.05, 3.63) is 0 Å². The van der Waals surface area contributed by atoms with Gasteiger partial charge in [0, 0.05) is 0 Å². The molecule has 0 spiro atoms. The highest BCUT2D eigenvalue weighted by atomic mass is 19.2. The molecule has 4 atom stereocenters. The molecule has 0 aromatic rings. The molecule has 19 heavy (non-hydrogen) atoms. The van der Waals surface area contributed by atoms with E-state index in [4.69, 9.17) is 0 Å². The lowest BCUT2D eigenvalue weighted by Crippen LogP contribution is -2.41. The molecule has 2 saturated carbocycles. The molecule has 0 radical (unpaired) electrons. The molecule has 0 nitrogen and oxygen atoms in total. The van der Waals surface area contributed by atoms with Crippen molar-refractivity contribution in [3.8, 4) is 0 Å². The van der Waals surface area contributed by atoms with Crippen molar-refractivity contribution in [1.82, 2.24) is 0 Å². The van der Waals surface area contributed by atoms with Crippen LogP contribution in [0.2, 0.25) is 0 Å². The smallest absolute Gasteiger partial charge is 0.134 e. The predicted octanol–water partition coefficient (Wildman–Crippen LogP) is 5.71. The van der Waals surface area contributed by atoms with E-state index in [0.717, 1.165) is 31.6 Å². The average Bonchev–Trinajstić information content (AvgIpc) is 2.44. The van der Waals surface area contributed by atoms with Crippen LogP contribution in [0.1, 0.15) is 71.6 Å². The molecule has 0 N–H and O–H groups in total. The lowest BCUT2D eigenvalue weighted by molar-refractivity contribution is -0.00669. The fourth-order valence-corrected chi connectivity index (χ4v) is 4.22. The minimum atomic E-state index is -1.21. The normalized spacial score (nSPS) is 44.2. The molecular weight excluding hydrogens is 242 g/mol. The molecule has 112 valence electrons. The first-order valence-corrected chi connectivity index (χ1v) is 8.41. The fourth-order valence-electron chi connectivity index (χ4n) is 4.22. The molecular formula is C17H30F2. The van der Waals surface area contributed by atoms with E-state index in [-0.39, 0.29) is 11.8 Å². The second-order valence-corrected chi connectivity index (χ2v) is 7.03. The van der Waals surface area contributed by atoms with Crippen LogP contribution in [0.3, 0.4) is 0 Å². The lowest BCUT2D eigenvalue weighted by atomic mass is 9.67. The maximum atomic E-state index is 14.2. The quantitative estimate of drug-likeness (QED) is 0.615. The summed E-state index contributed by atoms with van der Waals surface area (Å²) in [5.41, 5.74) is 0. The molecule has 0 aromatic heterocycles. The van der Waals surface area contributed by atoms with Crippen molar-refractivity contribution in [3.63, 3.8) is 0 Å². The zero-order valence-electron chi connectivity index (χ0n) is 12.6. The van der Waals surface area contributed by atoms with Crippen molar-refractivity contribution >= 4 is 0 Å². The van der Waals surface area contributed by atoms with Crippen LogP contribution in [0, 0.1) is 23.7 Å². The highest BCUT2D eigenvalue weighted by Crippen LogP contribution is 2.44. The number of hydrogen-bond acceptors (Lipinski definition) is 0. The van der Waals surface area contributed by atoms with Gasteiger partial charge in [-0.2, -0.15) is 0 Å². The highest BCUT2D eigenvalue weighted by Gasteiger charge is 2.42. The number of alkyl halides is 2. The third-order valence-electron chi connectivity index (χ3n) is 5.68. The second kappa shape index (κ2) is 7.04. The molecule has 2 aliphatic carbocycles. The summed E-state index contributed by atoms with van der Waals surface area (Å²) in [5, 5.41) is 0. The molecule has 0 saturated heterocycles. The summed E-state index contributed by atoms with van der Waals surface area (Å²) in [6, 6.07) is 0. The van der Waals surface area contributed by atoms with Gasteiger partial charge in [0.1, 0.15) is 12.3 Å². The lowest BCUT2D eigenvalue weighted by Gasteiger charge is -2.40. The van der Waals surface area contributed by atoms with Crippen molar-refractivity contribution < 1.29 is 8.78 Å². The Morgan fingerprint density at radius 2 is 1.58 bits per heavy atom. The van der Waals surface area contributed by atoms with E-state index in [0.29, 0.717) is 5.92 Å². The van der Waals surface area contributed by atoms with Gasteiger partial charge in [-0.15, -0.1) is 0 Å². The van der Waals surface area contributed by atoms with Crippen LogP contribution in [0.4, 0.5) is 8.78 Å². The maximum absolute atomic E-state index is 14.2. The monoisotopic (exact) mass is 272 g/mol. The van der Waals surface area contributed by atoms with Gasteiger partial charge < -0.3 is 0 Å². The van der Waals surface area contributed by atoms with Gasteiger partial charge in [0.15, 0.2) is 0 Å². The van der Waals surface area contributed by atoms with Gasteiger partial charge in [-0.05, 0) is 49.4 Å². The van der Waals surface area contributed by atoms with Crippen LogP contribution in [0.25, 0.3) is 0 Å². The zero-order valence-corrected chi connectivity index (χ0v) is 12.6. The summed E-state index contributed by atoms with van der Waals surface area (Å²) >= 11 is 0. The zero-order chi connectivity index (χ0) is 13.8. The molecule has 0 amide bonds. The number of halogens is 2. The van der Waals surface area contributed by atoms with E-state index in [1.165, 1.54) is 32.1 Å². The van der Waals surface area contributed by atoms with Gasteiger partial charge in [-0.1, -0.05) is 46.0 Å². The Labute approximate surface area is 117 Å². The summed E-state index contributed by atoms with van der Waals surface area (Å²) in [4.78, 5) is 0. The van der Waals surface area contributed by atoms with Gasteiger partial charge in [0.05, 0.1) is 0 Å². The van der Waals surface area contributed by atoms with Gasteiger partial charge in [0.25, 0.3) is 0 Å². The van der Waals surface area contributed by atoms with Crippen LogP contribution >= 0.6 is 0 Å². The van der Waals surface area contributed by atoms with E-state index in [1.54, 1.807) is 0 Å². The first-order valence-electron chi connectivity index (χ1n) is 8.41. The Bertz CT molecular complexity index is 258. The Kier molecular flexibility index (Phi) is 5.65. The largest absolute Gasteiger partial charge is 0.244 e. The third-order valence-corrected chi connectivity index (χ3v) is 5.68. The minimum absolute atomic E-state index is 0.0123. The molecule has 4 unspecified atom stereocenters. The van der Waals surface area contributed by atoms with Crippen molar-refractivity contribution in [2.24, 2.45) is 23.7 Å². The van der Waals surface area contributed by atoms with Crippen LogP contribution in [0.15, 0.2) is 0 Å². The predicted molar refractivity (Wildman–Crippen MR) is 76.7 cm³/mol. The Morgan fingerprint density at radius 3 is 2.21 bits per heavy atom. The van der Waals surface area contributed by atoms with Gasteiger partial charge >= 0.3 is 0 Å². The summed E-state index contributed by atoms with van der Waals surface area (Å²) in [6.07, 6.45) is 8.11. The van der Waals surface area contributed by atoms with Gasteiger partial charge in [-0.25, -0.2) is 8.78 Å². The Morgan fingerprint density at radius 1 is 0.895 bits per heavy atom. The number of hydrogen-bond donors (Lipinski definition) is 0. The summed E-state index contributed by atoms with van der Waals surface area (Å²) in [6.45, 7) is 4.10. The summed E-state index contributed by atoms with van der Waals surface area (Å²) < 4.78 is 28.0. The van der Waals surface area contributed by atoms with E-state index < -0.39 is 12.3 Å². The highest BCUT2D eigenvalue weighted by molar-refractivity contribution is 4.91. The van der Waals surface area contributed by atoms with Crippen molar-refractivity contribution in [2.75, 3.05) is 0 Å². The van der Waals surface area contributed by atoms with Crippen LogP contribution in [0.5, 0.6) is 0 Å². The van der Waals surface area contributed by atoms with E-state index in [2.05, 4.69) is 6.92 Å². The van der Waals surface area contributed by atoms with Gasteiger partial charge in [-0.3, -0.25) is 0 Å². The maximum Gasteiger partial charge on any atom is 0.134 e. The fraction of sp³-hybridized carbons (Fsp3) is 1.00. The second-order valence-electron chi connectivity index (χ2n) is 7.03. The topological polar surface area (TPSA) is 0 Å². The third kappa shape index (κ3) is 3.70. The van der Waals surface area contributed by atoms with Crippen molar-refractivity contribution in [2.45, 2.75) is 84.0 Å². The van der Waals surface area contributed by atoms with E-state index in [9.17, 15) is 8.78 Å². The van der Waals surface area contributed by atoms with Crippen LogP contribution in [-0.2, 0) is 0 Å². The molecule has 2 rings (SSSR count). The van der Waals surface area contributed by atoms with E-state index in [1.807, 2.05) is 6.92 Å². The molecule has 2 fully saturated rings. The molecule has 2 heteroatoms. The van der Waals surface area contributed by atoms with Crippen LogP contribution < -0.4 is 0 Å². The standard InChI is InChI=1S/C17H30F2/c1-3-4-5-13-7-9-14(10-8-13)15-11-6-12(2)16(18)17(15)19/h12-17H,3-11H2,1-2H3. The first-order chi connectivity index (χ1) is 9.13. The Hall–Kier alpha value is -0.140. The first kappa shape index (κ1) is 15.3. The minimum Gasteiger partial charge on any atom is -0.244 e. The number of rotatable bonds is 4. The number of unbranched alkanes of at least 4 members (excludes halogenated alkanes) is 1. The van der Waals surface area contributed by atoms with Crippen molar-refractivity contribution in [1.29, 1.82) is 0 Å².